The zero-order valence-corrected chi connectivity index (χ0v) is 9.97. The number of hydrogen-bond donors (Lipinski definition) is 1. The highest BCUT2D eigenvalue weighted by Crippen LogP contribution is 2.29. The monoisotopic (exact) mass is 222 g/mol. The zero-order valence-electron chi connectivity index (χ0n) is 9.21. The van der Waals surface area contributed by atoms with Crippen molar-refractivity contribution in [2.45, 2.75) is 19.4 Å². The lowest BCUT2D eigenvalue weighted by atomic mass is 9.95. The van der Waals surface area contributed by atoms with Gasteiger partial charge in [0.2, 0.25) is 0 Å². The Morgan fingerprint density at radius 1 is 1.33 bits per heavy atom. The summed E-state index contributed by atoms with van der Waals surface area (Å²) < 4.78 is 2.06. The van der Waals surface area contributed by atoms with Crippen LogP contribution >= 0.6 is 11.6 Å². The Morgan fingerprint density at radius 3 is 2.60 bits per heavy atom. The minimum Gasteiger partial charge on any atom is -0.350 e. The molecule has 2 nitrogen and oxygen atoms in total. The SMILES string of the molecule is Cn1cc(C(C)(C)N)c2ccc(Cl)cc21. The van der Waals surface area contributed by atoms with Crippen molar-refractivity contribution in [3.63, 3.8) is 0 Å². The Balaban J connectivity index is 2.79. The van der Waals surface area contributed by atoms with Crippen molar-refractivity contribution in [2.24, 2.45) is 12.8 Å². The first-order chi connectivity index (χ1) is 6.89. The maximum absolute atomic E-state index is 6.13. The Hall–Kier alpha value is -0.990. The molecular formula is C12H15ClN2. The van der Waals surface area contributed by atoms with E-state index >= 15 is 0 Å². The van der Waals surface area contributed by atoms with E-state index < -0.39 is 0 Å². The number of benzene rings is 1. The van der Waals surface area contributed by atoms with Crippen LogP contribution in [0.3, 0.4) is 0 Å². The van der Waals surface area contributed by atoms with Crippen LogP contribution in [0.1, 0.15) is 19.4 Å². The summed E-state index contributed by atoms with van der Waals surface area (Å²) in [7, 11) is 2.01. The van der Waals surface area contributed by atoms with Crippen LogP contribution in [0.5, 0.6) is 0 Å². The first-order valence-electron chi connectivity index (χ1n) is 4.93. The van der Waals surface area contributed by atoms with Crippen LogP contribution in [0.2, 0.25) is 5.02 Å². The molecule has 0 radical (unpaired) electrons. The molecule has 2 rings (SSSR count). The molecule has 0 spiro atoms. The van der Waals surface area contributed by atoms with Crippen LogP contribution < -0.4 is 5.73 Å². The number of rotatable bonds is 1. The second-order valence-electron chi connectivity index (χ2n) is 4.54. The lowest BCUT2D eigenvalue weighted by Gasteiger charge is -2.17. The van der Waals surface area contributed by atoms with Crippen molar-refractivity contribution >= 4 is 22.5 Å². The normalized spacial score (nSPS) is 12.3. The molecule has 1 aromatic heterocycles. The quantitative estimate of drug-likeness (QED) is 0.790. The molecule has 0 fully saturated rings. The first-order valence-corrected chi connectivity index (χ1v) is 5.31. The predicted molar refractivity (Wildman–Crippen MR) is 65.1 cm³/mol. The largest absolute Gasteiger partial charge is 0.350 e. The van der Waals surface area contributed by atoms with E-state index in [1.165, 1.54) is 5.39 Å². The molecule has 0 aliphatic heterocycles. The van der Waals surface area contributed by atoms with Crippen molar-refractivity contribution in [1.82, 2.24) is 4.57 Å². The van der Waals surface area contributed by atoms with Gasteiger partial charge in [0.15, 0.2) is 0 Å². The lowest BCUT2D eigenvalue weighted by Crippen LogP contribution is -2.28. The summed E-state index contributed by atoms with van der Waals surface area (Å²) in [5.41, 5.74) is 8.07. The van der Waals surface area contributed by atoms with E-state index in [2.05, 4.69) is 10.8 Å². The maximum atomic E-state index is 6.13. The zero-order chi connectivity index (χ0) is 11.2. The van der Waals surface area contributed by atoms with Gasteiger partial charge < -0.3 is 10.3 Å². The van der Waals surface area contributed by atoms with Crippen LogP contribution in [-0.2, 0) is 12.6 Å². The third-order valence-corrected chi connectivity index (χ3v) is 2.88. The van der Waals surface area contributed by atoms with Gasteiger partial charge in [-0.15, -0.1) is 0 Å². The average Bonchev–Trinajstić information content (AvgIpc) is 2.43. The van der Waals surface area contributed by atoms with Gasteiger partial charge >= 0.3 is 0 Å². The third-order valence-electron chi connectivity index (χ3n) is 2.65. The lowest BCUT2D eigenvalue weighted by molar-refractivity contribution is 0.557. The summed E-state index contributed by atoms with van der Waals surface area (Å²) in [6, 6.07) is 5.90. The van der Waals surface area contributed by atoms with Crippen molar-refractivity contribution in [3.8, 4) is 0 Å². The molecule has 3 heteroatoms. The molecule has 0 unspecified atom stereocenters. The summed E-state index contributed by atoms with van der Waals surface area (Å²) in [5.74, 6) is 0. The fourth-order valence-electron chi connectivity index (χ4n) is 1.87. The fraction of sp³-hybridized carbons (Fsp3) is 0.333. The Labute approximate surface area is 94.6 Å². The predicted octanol–water partition coefficient (Wildman–Crippen LogP) is 3.03. The highest BCUT2D eigenvalue weighted by Gasteiger charge is 2.19. The summed E-state index contributed by atoms with van der Waals surface area (Å²) in [4.78, 5) is 0. The molecule has 0 amide bonds. The summed E-state index contributed by atoms with van der Waals surface area (Å²) in [5, 5.41) is 1.93. The molecule has 0 atom stereocenters. The van der Waals surface area contributed by atoms with Crippen molar-refractivity contribution in [3.05, 3.63) is 35.0 Å². The van der Waals surface area contributed by atoms with E-state index in [0.717, 1.165) is 16.1 Å². The molecule has 2 aromatic rings. The number of hydrogen-bond acceptors (Lipinski definition) is 1. The third kappa shape index (κ3) is 1.75. The van der Waals surface area contributed by atoms with Gasteiger partial charge in [-0.2, -0.15) is 0 Å². The van der Waals surface area contributed by atoms with Gasteiger partial charge in [-0.1, -0.05) is 17.7 Å². The van der Waals surface area contributed by atoms with E-state index in [-0.39, 0.29) is 5.54 Å². The van der Waals surface area contributed by atoms with Gasteiger partial charge in [0, 0.05) is 34.7 Å². The second-order valence-corrected chi connectivity index (χ2v) is 4.97. The van der Waals surface area contributed by atoms with Crippen LogP contribution in [0.25, 0.3) is 10.9 Å². The number of aromatic nitrogens is 1. The van der Waals surface area contributed by atoms with Crippen molar-refractivity contribution in [1.29, 1.82) is 0 Å². The number of aryl methyl sites for hydroxylation is 1. The molecule has 80 valence electrons. The molecule has 0 saturated heterocycles. The summed E-state index contributed by atoms with van der Waals surface area (Å²) >= 11 is 5.97. The minimum absolute atomic E-state index is 0.326. The van der Waals surface area contributed by atoms with Crippen LogP contribution in [0, 0.1) is 0 Å². The molecule has 1 aromatic carbocycles. The molecule has 0 aliphatic carbocycles. The number of fused-ring (bicyclic) bond motifs is 1. The van der Waals surface area contributed by atoms with Gasteiger partial charge in [-0.3, -0.25) is 0 Å². The highest BCUT2D eigenvalue weighted by atomic mass is 35.5. The van der Waals surface area contributed by atoms with E-state index in [1.54, 1.807) is 0 Å². The van der Waals surface area contributed by atoms with Gasteiger partial charge in [-0.25, -0.2) is 0 Å². The number of halogens is 1. The summed E-state index contributed by atoms with van der Waals surface area (Å²) in [6.07, 6.45) is 2.07. The topological polar surface area (TPSA) is 30.9 Å². The molecule has 0 saturated carbocycles. The smallest absolute Gasteiger partial charge is 0.0496 e. The molecule has 2 N–H and O–H groups in total. The summed E-state index contributed by atoms with van der Waals surface area (Å²) in [6.45, 7) is 4.02. The van der Waals surface area contributed by atoms with Gasteiger partial charge in [-0.05, 0) is 31.5 Å². The van der Waals surface area contributed by atoms with Gasteiger partial charge in [0.1, 0.15) is 0 Å². The van der Waals surface area contributed by atoms with Gasteiger partial charge in [0.25, 0.3) is 0 Å². The maximum Gasteiger partial charge on any atom is 0.0496 e. The van der Waals surface area contributed by atoms with Crippen molar-refractivity contribution in [2.75, 3.05) is 0 Å². The van der Waals surface area contributed by atoms with E-state index in [4.69, 9.17) is 17.3 Å². The Bertz CT molecular complexity index is 506. The van der Waals surface area contributed by atoms with E-state index in [9.17, 15) is 0 Å². The Morgan fingerprint density at radius 2 is 2.00 bits per heavy atom. The number of nitrogens with zero attached hydrogens (tertiary/aromatic N) is 1. The van der Waals surface area contributed by atoms with Crippen molar-refractivity contribution < 1.29 is 0 Å². The molecular weight excluding hydrogens is 208 g/mol. The standard InChI is InChI=1S/C12H15ClN2/c1-12(2,14)10-7-15(3)11-6-8(13)4-5-9(10)11/h4-7H,14H2,1-3H3. The van der Waals surface area contributed by atoms with E-state index in [0.29, 0.717) is 0 Å². The molecule has 0 aliphatic rings. The van der Waals surface area contributed by atoms with Crippen LogP contribution in [0.15, 0.2) is 24.4 Å². The second kappa shape index (κ2) is 3.26. The van der Waals surface area contributed by atoms with Crippen LogP contribution in [-0.4, -0.2) is 4.57 Å². The fourth-order valence-corrected chi connectivity index (χ4v) is 2.04. The Kier molecular flexibility index (Phi) is 2.28. The molecule has 1 heterocycles. The van der Waals surface area contributed by atoms with Gasteiger partial charge in [0.05, 0.1) is 0 Å². The average molecular weight is 223 g/mol. The van der Waals surface area contributed by atoms with Crippen LogP contribution in [0.4, 0.5) is 0 Å². The first kappa shape index (κ1) is 10.5. The highest BCUT2D eigenvalue weighted by molar-refractivity contribution is 6.31. The minimum atomic E-state index is -0.326. The molecule has 0 bridgehead atoms. The number of nitrogens with two attached hydrogens (primary N) is 1. The molecule has 15 heavy (non-hydrogen) atoms. The van der Waals surface area contributed by atoms with E-state index in [1.807, 2.05) is 39.1 Å².